The van der Waals surface area contributed by atoms with Gasteiger partial charge in [-0.15, -0.1) is 0 Å². The van der Waals surface area contributed by atoms with Crippen LogP contribution in [0.25, 0.3) is 0 Å². The predicted octanol–water partition coefficient (Wildman–Crippen LogP) is 4.26. The average Bonchev–Trinajstić information content (AvgIpc) is 2.46. The Balaban J connectivity index is 2.05. The maximum atomic E-state index is 5.75. The number of aryl methyl sites for hydroxylation is 1. The predicted molar refractivity (Wildman–Crippen MR) is 78.9 cm³/mol. The lowest BCUT2D eigenvalue weighted by molar-refractivity contribution is 0.463. The number of ether oxygens (including phenoxy) is 1. The third-order valence-electron chi connectivity index (χ3n) is 2.83. The molecule has 2 aromatic rings. The lowest BCUT2D eigenvalue weighted by Gasteiger charge is -2.08. The molecule has 1 aromatic carbocycles. The van der Waals surface area contributed by atoms with Gasteiger partial charge in [0.1, 0.15) is 11.6 Å². The van der Waals surface area contributed by atoms with Crippen molar-refractivity contribution in [2.75, 3.05) is 11.9 Å². The molecular weight excluding hydrogens is 236 g/mol. The van der Waals surface area contributed by atoms with E-state index in [9.17, 15) is 0 Å². The standard InChI is InChI=1S/C16H20N2O/c1-3-12-17-15-6-5-7-16(18-15)19-14-10-8-13(4-2)9-11-14/h5-11H,3-4,12H2,1-2H3,(H,17,18). The fourth-order valence-electron chi connectivity index (χ4n) is 1.74. The number of benzene rings is 1. The second-order valence-corrected chi connectivity index (χ2v) is 4.39. The van der Waals surface area contributed by atoms with Crippen molar-refractivity contribution in [1.29, 1.82) is 0 Å². The SMILES string of the molecule is CCCNc1cccc(Oc2ccc(CC)cc2)n1. The summed E-state index contributed by atoms with van der Waals surface area (Å²) in [7, 11) is 0. The molecule has 0 aliphatic rings. The van der Waals surface area contributed by atoms with Crippen molar-refractivity contribution < 1.29 is 4.74 Å². The van der Waals surface area contributed by atoms with E-state index in [1.807, 2.05) is 30.3 Å². The minimum Gasteiger partial charge on any atom is -0.439 e. The van der Waals surface area contributed by atoms with Crippen LogP contribution in [0.2, 0.25) is 0 Å². The number of hydrogen-bond donors (Lipinski definition) is 1. The van der Waals surface area contributed by atoms with Gasteiger partial charge < -0.3 is 10.1 Å². The Labute approximate surface area is 114 Å². The van der Waals surface area contributed by atoms with E-state index in [1.54, 1.807) is 0 Å². The quantitative estimate of drug-likeness (QED) is 0.838. The molecule has 0 fully saturated rings. The molecule has 19 heavy (non-hydrogen) atoms. The number of anilines is 1. The second-order valence-electron chi connectivity index (χ2n) is 4.39. The molecule has 1 N–H and O–H groups in total. The number of aromatic nitrogens is 1. The van der Waals surface area contributed by atoms with Gasteiger partial charge in [0, 0.05) is 12.6 Å². The summed E-state index contributed by atoms with van der Waals surface area (Å²) in [6.45, 7) is 5.19. The molecule has 0 atom stereocenters. The van der Waals surface area contributed by atoms with E-state index >= 15 is 0 Å². The van der Waals surface area contributed by atoms with E-state index in [0.717, 1.165) is 31.0 Å². The first-order valence-corrected chi connectivity index (χ1v) is 6.79. The van der Waals surface area contributed by atoms with E-state index in [4.69, 9.17) is 4.74 Å². The molecule has 3 nitrogen and oxygen atoms in total. The van der Waals surface area contributed by atoms with E-state index in [2.05, 4.69) is 36.3 Å². The first-order valence-electron chi connectivity index (χ1n) is 6.79. The highest BCUT2D eigenvalue weighted by atomic mass is 16.5. The fraction of sp³-hybridized carbons (Fsp3) is 0.312. The third kappa shape index (κ3) is 3.98. The van der Waals surface area contributed by atoms with Crippen molar-refractivity contribution in [1.82, 2.24) is 4.98 Å². The molecule has 0 radical (unpaired) electrons. The zero-order chi connectivity index (χ0) is 13.5. The van der Waals surface area contributed by atoms with Gasteiger partial charge in [0.05, 0.1) is 0 Å². The molecule has 0 aliphatic carbocycles. The molecule has 0 bridgehead atoms. The zero-order valence-corrected chi connectivity index (χ0v) is 11.5. The van der Waals surface area contributed by atoms with E-state index in [1.165, 1.54) is 5.56 Å². The first-order chi connectivity index (χ1) is 9.31. The summed E-state index contributed by atoms with van der Waals surface area (Å²) in [4.78, 5) is 4.41. The van der Waals surface area contributed by atoms with Crippen LogP contribution in [0.3, 0.4) is 0 Å². The van der Waals surface area contributed by atoms with Gasteiger partial charge in [-0.2, -0.15) is 4.98 Å². The summed E-state index contributed by atoms with van der Waals surface area (Å²) in [6.07, 6.45) is 2.11. The Morgan fingerprint density at radius 1 is 1.05 bits per heavy atom. The third-order valence-corrected chi connectivity index (χ3v) is 2.83. The number of nitrogens with zero attached hydrogens (tertiary/aromatic N) is 1. The molecule has 3 heteroatoms. The summed E-state index contributed by atoms with van der Waals surface area (Å²) in [5, 5.41) is 3.25. The highest BCUT2D eigenvalue weighted by molar-refractivity contribution is 5.38. The molecular formula is C16H20N2O. The van der Waals surface area contributed by atoms with Crippen molar-refractivity contribution in [3.8, 4) is 11.6 Å². The molecule has 0 unspecified atom stereocenters. The van der Waals surface area contributed by atoms with Crippen LogP contribution in [0, 0.1) is 0 Å². The Morgan fingerprint density at radius 2 is 1.84 bits per heavy atom. The van der Waals surface area contributed by atoms with Gasteiger partial charge in [-0.1, -0.05) is 32.0 Å². The van der Waals surface area contributed by atoms with Crippen LogP contribution in [0.5, 0.6) is 11.6 Å². The molecule has 100 valence electrons. The number of hydrogen-bond acceptors (Lipinski definition) is 3. The second kappa shape index (κ2) is 6.78. The van der Waals surface area contributed by atoms with Gasteiger partial charge >= 0.3 is 0 Å². The molecule has 0 aliphatic heterocycles. The largest absolute Gasteiger partial charge is 0.439 e. The van der Waals surface area contributed by atoms with Crippen LogP contribution in [0.4, 0.5) is 5.82 Å². The normalized spacial score (nSPS) is 10.2. The van der Waals surface area contributed by atoms with Crippen molar-refractivity contribution >= 4 is 5.82 Å². The Morgan fingerprint density at radius 3 is 2.53 bits per heavy atom. The van der Waals surface area contributed by atoms with Gasteiger partial charge in [0.2, 0.25) is 5.88 Å². The monoisotopic (exact) mass is 256 g/mol. The number of rotatable bonds is 6. The first kappa shape index (κ1) is 13.4. The Bertz CT molecular complexity index is 508. The molecule has 1 heterocycles. The maximum absolute atomic E-state index is 5.75. The van der Waals surface area contributed by atoms with Crippen molar-refractivity contribution in [2.24, 2.45) is 0 Å². The summed E-state index contributed by atoms with van der Waals surface area (Å²) in [5.74, 6) is 2.28. The molecule has 0 spiro atoms. The van der Waals surface area contributed by atoms with Crippen LogP contribution in [0.1, 0.15) is 25.8 Å². The smallest absolute Gasteiger partial charge is 0.221 e. The van der Waals surface area contributed by atoms with Crippen LogP contribution in [-0.4, -0.2) is 11.5 Å². The Kier molecular flexibility index (Phi) is 4.78. The summed E-state index contributed by atoms with van der Waals surface area (Å²) in [5.41, 5.74) is 1.30. The highest BCUT2D eigenvalue weighted by Crippen LogP contribution is 2.21. The molecule has 1 aromatic heterocycles. The van der Waals surface area contributed by atoms with Crippen LogP contribution in [-0.2, 0) is 6.42 Å². The number of pyridine rings is 1. The lowest BCUT2D eigenvalue weighted by Crippen LogP contribution is -2.02. The topological polar surface area (TPSA) is 34.1 Å². The summed E-state index contributed by atoms with van der Waals surface area (Å²) >= 11 is 0. The Hall–Kier alpha value is -2.03. The molecule has 2 rings (SSSR count). The lowest BCUT2D eigenvalue weighted by atomic mass is 10.2. The van der Waals surface area contributed by atoms with Crippen LogP contribution >= 0.6 is 0 Å². The van der Waals surface area contributed by atoms with Crippen molar-refractivity contribution in [2.45, 2.75) is 26.7 Å². The van der Waals surface area contributed by atoms with E-state index < -0.39 is 0 Å². The fourth-order valence-corrected chi connectivity index (χ4v) is 1.74. The van der Waals surface area contributed by atoms with Gasteiger partial charge in [0.15, 0.2) is 0 Å². The van der Waals surface area contributed by atoms with Crippen LogP contribution < -0.4 is 10.1 Å². The van der Waals surface area contributed by atoms with Crippen molar-refractivity contribution in [3.63, 3.8) is 0 Å². The van der Waals surface area contributed by atoms with Gasteiger partial charge in [0.25, 0.3) is 0 Å². The molecule has 0 saturated carbocycles. The van der Waals surface area contributed by atoms with Crippen molar-refractivity contribution in [3.05, 3.63) is 48.0 Å². The molecule has 0 saturated heterocycles. The summed E-state index contributed by atoms with van der Waals surface area (Å²) in [6, 6.07) is 13.9. The molecule has 0 amide bonds. The van der Waals surface area contributed by atoms with E-state index in [0.29, 0.717) is 5.88 Å². The van der Waals surface area contributed by atoms with Crippen LogP contribution in [0.15, 0.2) is 42.5 Å². The highest BCUT2D eigenvalue weighted by Gasteiger charge is 2.00. The van der Waals surface area contributed by atoms with Gasteiger partial charge in [-0.25, -0.2) is 0 Å². The maximum Gasteiger partial charge on any atom is 0.221 e. The van der Waals surface area contributed by atoms with Gasteiger partial charge in [-0.05, 0) is 36.6 Å². The summed E-state index contributed by atoms with van der Waals surface area (Å²) < 4.78 is 5.75. The average molecular weight is 256 g/mol. The zero-order valence-electron chi connectivity index (χ0n) is 11.5. The van der Waals surface area contributed by atoms with E-state index in [-0.39, 0.29) is 0 Å². The minimum atomic E-state index is 0.616. The minimum absolute atomic E-state index is 0.616. The number of nitrogens with one attached hydrogen (secondary N) is 1. The van der Waals surface area contributed by atoms with Gasteiger partial charge in [-0.3, -0.25) is 0 Å².